The second kappa shape index (κ2) is 9.95. The summed E-state index contributed by atoms with van der Waals surface area (Å²) in [7, 11) is 0.694. The number of allylic oxidation sites excluding steroid dienone is 1. The number of ether oxygens (including phenoxy) is 2. The molecule has 0 aliphatic rings. The first kappa shape index (κ1) is 24.0. The summed E-state index contributed by atoms with van der Waals surface area (Å²) >= 11 is 0. The predicted octanol–water partition coefficient (Wildman–Crippen LogP) is 5.70. The zero-order valence-electron chi connectivity index (χ0n) is 15.4. The van der Waals surface area contributed by atoms with Gasteiger partial charge < -0.3 is 9.47 Å². The maximum atomic E-state index is 13.8. The third-order valence-corrected chi connectivity index (χ3v) is 4.02. The van der Waals surface area contributed by atoms with Crippen LogP contribution in [0.2, 0.25) is 0 Å². The van der Waals surface area contributed by atoms with Gasteiger partial charge in [-0.15, -0.1) is 0 Å². The predicted molar refractivity (Wildman–Crippen MR) is 90.4 cm³/mol. The highest BCUT2D eigenvalue weighted by molar-refractivity contribution is 5.83. The van der Waals surface area contributed by atoms with Crippen LogP contribution in [0.5, 0.6) is 0 Å². The second-order valence-corrected chi connectivity index (χ2v) is 6.09. The molecule has 0 aliphatic carbocycles. The number of rotatable bonds is 9. The summed E-state index contributed by atoms with van der Waals surface area (Å²) in [6, 6.07) is 6.09. The van der Waals surface area contributed by atoms with Crippen molar-refractivity contribution in [3.05, 3.63) is 48.0 Å². The molecule has 0 amide bonds. The number of benzene rings is 1. The van der Waals surface area contributed by atoms with E-state index in [9.17, 15) is 31.1 Å². The van der Waals surface area contributed by atoms with Gasteiger partial charge >= 0.3 is 18.3 Å². The number of methoxy groups -OCH3 is 1. The molecule has 0 aromatic heterocycles. The van der Waals surface area contributed by atoms with E-state index in [1.54, 1.807) is 0 Å². The molecule has 0 aliphatic heterocycles. The van der Waals surface area contributed by atoms with Gasteiger partial charge in [-0.1, -0.05) is 50.1 Å². The Morgan fingerprint density at radius 2 is 1.68 bits per heavy atom. The minimum atomic E-state index is -5.19. The smallest absolute Gasteiger partial charge is 0.432 e. The molecule has 28 heavy (non-hydrogen) atoms. The summed E-state index contributed by atoms with van der Waals surface area (Å²) in [5.74, 6) is -1.82. The molecule has 0 radical (unpaired) electrons. The fraction of sp³-hybridized carbons (Fsp3) is 0.526. The lowest BCUT2D eigenvalue weighted by molar-refractivity contribution is -0.277. The molecule has 0 unspecified atom stereocenters. The summed E-state index contributed by atoms with van der Waals surface area (Å²) in [4.78, 5) is 12.5. The Hall–Kier alpha value is -2.03. The van der Waals surface area contributed by atoms with Crippen molar-refractivity contribution < 1.29 is 40.6 Å². The molecule has 0 saturated heterocycles. The van der Waals surface area contributed by atoms with Crippen molar-refractivity contribution in [2.45, 2.75) is 56.7 Å². The second-order valence-electron chi connectivity index (χ2n) is 6.09. The molecular weight excluding hydrogens is 390 g/mol. The molecule has 0 fully saturated rings. The van der Waals surface area contributed by atoms with Crippen molar-refractivity contribution in [3.8, 4) is 0 Å². The van der Waals surface area contributed by atoms with E-state index in [1.807, 2.05) is 6.92 Å². The number of alkyl halides is 6. The van der Waals surface area contributed by atoms with Gasteiger partial charge in [0.05, 0.1) is 0 Å². The number of carbonyl (C=O) groups excluding carboxylic acids is 1. The molecule has 1 aromatic carbocycles. The highest BCUT2D eigenvalue weighted by Crippen LogP contribution is 2.43. The molecule has 1 aromatic rings. The molecule has 0 N–H and O–H groups in total. The van der Waals surface area contributed by atoms with Gasteiger partial charge in [-0.3, -0.25) is 0 Å². The molecular formula is C19H22F6O3. The highest BCUT2D eigenvalue weighted by atomic mass is 19.4. The first-order valence-electron chi connectivity index (χ1n) is 8.62. The van der Waals surface area contributed by atoms with E-state index in [0.29, 0.717) is 26.0 Å². The van der Waals surface area contributed by atoms with Gasteiger partial charge in [-0.05, 0) is 18.9 Å². The molecule has 9 heteroatoms. The van der Waals surface area contributed by atoms with Crippen molar-refractivity contribution in [2.75, 3.05) is 7.11 Å². The van der Waals surface area contributed by atoms with Gasteiger partial charge in [0.15, 0.2) is 0 Å². The molecule has 0 saturated carbocycles. The minimum absolute atomic E-state index is 0.0431. The van der Waals surface area contributed by atoms with E-state index in [1.165, 1.54) is 18.2 Å². The summed E-state index contributed by atoms with van der Waals surface area (Å²) in [6.45, 7) is 1.85. The lowest BCUT2D eigenvalue weighted by atomic mass is 9.92. The number of carbonyl (C=O) groups is 1. The zero-order valence-corrected chi connectivity index (χ0v) is 15.4. The van der Waals surface area contributed by atoms with E-state index >= 15 is 0 Å². The molecule has 158 valence electrons. The average molecular weight is 412 g/mol. The van der Waals surface area contributed by atoms with E-state index in [0.717, 1.165) is 18.6 Å². The standard InChI is InChI=1S/C19H22F6O3/c1-3-4-6-11-15(12-13-17(20,21)22)28-16(26)18(27-2,19(23,24)25)14-9-7-5-8-10-14/h5,7-10,12-13,15H,3-4,6,11H2,1-2H3/b13-12+/t15-,18-/m0/s1. The molecule has 0 spiro atoms. The Morgan fingerprint density at radius 1 is 1.07 bits per heavy atom. The fourth-order valence-electron chi connectivity index (χ4n) is 2.61. The number of unbranched alkanes of at least 4 members (excludes halogenated alkanes) is 2. The maximum absolute atomic E-state index is 13.8. The normalized spacial score (nSPS) is 16.0. The Morgan fingerprint density at radius 3 is 2.14 bits per heavy atom. The Labute approximate surface area is 159 Å². The third kappa shape index (κ3) is 6.25. The molecule has 0 bridgehead atoms. The minimum Gasteiger partial charge on any atom is -0.455 e. The Kier molecular flexibility index (Phi) is 8.53. The van der Waals surface area contributed by atoms with Gasteiger partial charge in [0, 0.05) is 18.7 Å². The van der Waals surface area contributed by atoms with Gasteiger partial charge in [-0.2, -0.15) is 26.3 Å². The van der Waals surface area contributed by atoms with Crippen LogP contribution in [0.3, 0.4) is 0 Å². The monoisotopic (exact) mass is 412 g/mol. The fourth-order valence-corrected chi connectivity index (χ4v) is 2.61. The van der Waals surface area contributed by atoms with Crippen LogP contribution in [0.4, 0.5) is 26.3 Å². The van der Waals surface area contributed by atoms with Gasteiger partial charge in [0.2, 0.25) is 0 Å². The van der Waals surface area contributed by atoms with Crippen LogP contribution in [0.15, 0.2) is 42.5 Å². The van der Waals surface area contributed by atoms with E-state index in [4.69, 9.17) is 4.74 Å². The van der Waals surface area contributed by atoms with Crippen molar-refractivity contribution in [1.82, 2.24) is 0 Å². The topological polar surface area (TPSA) is 35.5 Å². The summed E-state index contributed by atoms with van der Waals surface area (Å²) in [5, 5.41) is 0. The average Bonchev–Trinajstić information content (AvgIpc) is 2.60. The van der Waals surface area contributed by atoms with Crippen molar-refractivity contribution >= 4 is 5.97 Å². The number of esters is 1. The largest absolute Gasteiger partial charge is 0.455 e. The molecule has 1 rings (SSSR count). The van der Waals surface area contributed by atoms with E-state index in [2.05, 4.69) is 4.74 Å². The van der Waals surface area contributed by atoms with Crippen LogP contribution in [0, 0.1) is 0 Å². The molecule has 3 nitrogen and oxygen atoms in total. The molecule has 2 atom stereocenters. The maximum Gasteiger partial charge on any atom is 0.432 e. The summed E-state index contributed by atoms with van der Waals surface area (Å²) in [5.41, 5.74) is -3.97. The Balaban J connectivity index is 3.22. The van der Waals surface area contributed by atoms with Crippen molar-refractivity contribution in [2.24, 2.45) is 0 Å². The van der Waals surface area contributed by atoms with Crippen LogP contribution in [0.25, 0.3) is 0 Å². The van der Waals surface area contributed by atoms with Crippen LogP contribution in [-0.4, -0.2) is 31.5 Å². The lowest BCUT2D eigenvalue weighted by Gasteiger charge is -2.33. The first-order chi connectivity index (χ1) is 13.0. The molecule has 0 heterocycles. The first-order valence-corrected chi connectivity index (χ1v) is 8.62. The van der Waals surface area contributed by atoms with Crippen molar-refractivity contribution in [3.63, 3.8) is 0 Å². The van der Waals surface area contributed by atoms with Crippen LogP contribution in [-0.2, 0) is 19.9 Å². The zero-order chi connectivity index (χ0) is 21.4. The summed E-state index contributed by atoms with van der Waals surface area (Å²) < 4.78 is 88.3. The van der Waals surface area contributed by atoms with Crippen LogP contribution in [0.1, 0.15) is 38.2 Å². The quantitative estimate of drug-likeness (QED) is 0.226. The summed E-state index contributed by atoms with van der Waals surface area (Å²) in [6.07, 6.45) is -9.25. The van der Waals surface area contributed by atoms with Crippen molar-refractivity contribution in [1.29, 1.82) is 0 Å². The van der Waals surface area contributed by atoms with Crippen LogP contribution >= 0.6 is 0 Å². The Bertz CT molecular complexity index is 639. The number of halogens is 6. The van der Waals surface area contributed by atoms with E-state index < -0.39 is 35.6 Å². The highest BCUT2D eigenvalue weighted by Gasteiger charge is 2.64. The SMILES string of the molecule is CCCCC[C@@H](/C=C/C(F)(F)F)OC(=O)[C@@](OC)(c1ccccc1)C(F)(F)F. The number of hydrogen-bond donors (Lipinski definition) is 0. The van der Waals surface area contributed by atoms with Gasteiger partial charge in [0.1, 0.15) is 6.10 Å². The number of hydrogen-bond acceptors (Lipinski definition) is 3. The van der Waals surface area contributed by atoms with Gasteiger partial charge in [-0.25, -0.2) is 4.79 Å². The lowest BCUT2D eigenvalue weighted by Crippen LogP contribution is -2.52. The van der Waals surface area contributed by atoms with E-state index in [-0.39, 0.29) is 12.5 Å². The van der Waals surface area contributed by atoms with Crippen LogP contribution < -0.4 is 0 Å². The van der Waals surface area contributed by atoms with Gasteiger partial charge in [0.25, 0.3) is 5.60 Å². The third-order valence-electron chi connectivity index (χ3n) is 4.02.